The fraction of sp³-hybridized carbons (Fsp3) is 0.0526. The predicted octanol–water partition coefficient (Wildman–Crippen LogP) is 3.97. The van der Waals surface area contributed by atoms with Crippen LogP contribution in [0.25, 0.3) is 11.1 Å². The quantitative estimate of drug-likeness (QED) is 0.437. The first kappa shape index (κ1) is 16.3. The van der Waals surface area contributed by atoms with Gasteiger partial charge in [-0.1, -0.05) is 42.5 Å². The van der Waals surface area contributed by atoms with Gasteiger partial charge in [-0.15, -0.1) is 0 Å². The van der Waals surface area contributed by atoms with Crippen molar-refractivity contribution >= 4 is 21.4 Å². The van der Waals surface area contributed by atoms with E-state index >= 15 is 0 Å². The molecule has 0 spiro atoms. The number of nitrogens with one attached hydrogen (secondary N) is 1. The Morgan fingerprint density at radius 2 is 1.58 bits per heavy atom. The highest BCUT2D eigenvalue weighted by atomic mass is 32.2. The second-order valence-electron chi connectivity index (χ2n) is 6.04. The van der Waals surface area contributed by atoms with Crippen molar-refractivity contribution < 1.29 is 13.3 Å². The second-order valence-corrected chi connectivity index (χ2v) is 7.69. The number of sulfonamides is 1. The molecule has 0 atom stereocenters. The minimum atomic E-state index is -4.07. The molecule has 0 amide bonds. The Balaban J connectivity index is 1.69. The summed E-state index contributed by atoms with van der Waals surface area (Å²) < 4.78 is 27.7. The van der Waals surface area contributed by atoms with E-state index in [1.807, 2.05) is 30.3 Å². The molecule has 0 heterocycles. The normalized spacial score (nSPS) is 12.3. The highest BCUT2D eigenvalue weighted by molar-refractivity contribution is 7.92. The van der Waals surface area contributed by atoms with Crippen LogP contribution in [0.4, 0.5) is 11.4 Å². The van der Waals surface area contributed by atoms with E-state index in [0.29, 0.717) is 5.69 Å². The zero-order valence-electron chi connectivity index (χ0n) is 13.5. The summed E-state index contributed by atoms with van der Waals surface area (Å²) in [5.41, 5.74) is 4.38. The summed E-state index contributed by atoms with van der Waals surface area (Å²) in [7, 11) is -4.07. The van der Waals surface area contributed by atoms with Crippen LogP contribution in [0.1, 0.15) is 11.1 Å². The fourth-order valence-corrected chi connectivity index (χ4v) is 4.48. The summed E-state index contributed by atoms with van der Waals surface area (Å²) in [5, 5.41) is 11.1. The molecule has 3 aromatic carbocycles. The van der Waals surface area contributed by atoms with Crippen LogP contribution in [0.2, 0.25) is 0 Å². The van der Waals surface area contributed by atoms with Crippen molar-refractivity contribution in [2.24, 2.45) is 0 Å². The molecule has 0 bridgehead atoms. The van der Waals surface area contributed by atoms with Gasteiger partial charge in [0.2, 0.25) is 0 Å². The van der Waals surface area contributed by atoms with Gasteiger partial charge in [-0.2, -0.15) is 0 Å². The number of hydrogen-bond acceptors (Lipinski definition) is 4. The van der Waals surface area contributed by atoms with Crippen molar-refractivity contribution in [3.8, 4) is 11.1 Å². The summed E-state index contributed by atoms with van der Waals surface area (Å²) in [6, 6.07) is 18.7. The molecular weight excluding hydrogens is 352 g/mol. The third kappa shape index (κ3) is 2.72. The highest BCUT2D eigenvalue weighted by Gasteiger charge is 2.26. The topological polar surface area (TPSA) is 89.3 Å². The average molecular weight is 366 g/mol. The van der Waals surface area contributed by atoms with Crippen LogP contribution in [-0.4, -0.2) is 13.3 Å². The van der Waals surface area contributed by atoms with Gasteiger partial charge in [0.05, 0.1) is 4.92 Å². The summed E-state index contributed by atoms with van der Waals surface area (Å²) in [6.07, 6.45) is 0.729. The molecule has 0 saturated heterocycles. The lowest BCUT2D eigenvalue weighted by atomic mass is 10.1. The molecule has 1 aliphatic carbocycles. The molecule has 26 heavy (non-hydrogen) atoms. The molecule has 0 unspecified atom stereocenters. The third-order valence-electron chi connectivity index (χ3n) is 4.40. The molecule has 4 rings (SSSR count). The van der Waals surface area contributed by atoms with Crippen molar-refractivity contribution in [2.75, 3.05) is 4.72 Å². The number of nitro groups is 1. The standard InChI is InChI=1S/C19H14N2O4S/c22-21(23)18-7-3-4-8-19(18)26(24,25)20-15-9-10-17-14(12-15)11-13-5-1-2-6-16(13)17/h1-10,12,20H,11H2. The van der Waals surface area contributed by atoms with E-state index < -0.39 is 20.6 Å². The molecule has 1 aliphatic rings. The lowest BCUT2D eigenvalue weighted by Crippen LogP contribution is -2.14. The Bertz CT molecular complexity index is 1140. The number of nitro benzene ring substituents is 1. The maximum absolute atomic E-state index is 12.6. The van der Waals surface area contributed by atoms with Crippen molar-refractivity contribution in [2.45, 2.75) is 11.3 Å². The van der Waals surface area contributed by atoms with Crippen molar-refractivity contribution in [1.29, 1.82) is 0 Å². The molecular formula is C19H14N2O4S. The number of fused-ring (bicyclic) bond motifs is 3. The van der Waals surface area contributed by atoms with Gasteiger partial charge in [0.15, 0.2) is 4.90 Å². The molecule has 3 aromatic rings. The zero-order valence-corrected chi connectivity index (χ0v) is 14.4. The van der Waals surface area contributed by atoms with Crippen LogP contribution in [0.5, 0.6) is 0 Å². The summed E-state index contributed by atoms with van der Waals surface area (Å²) in [5.74, 6) is 0. The lowest BCUT2D eigenvalue weighted by Gasteiger charge is -2.10. The van der Waals surface area contributed by atoms with Crippen LogP contribution in [0, 0.1) is 10.1 Å². The van der Waals surface area contributed by atoms with E-state index in [-0.39, 0.29) is 4.90 Å². The number of benzene rings is 3. The average Bonchev–Trinajstić information content (AvgIpc) is 2.99. The third-order valence-corrected chi connectivity index (χ3v) is 5.83. The van der Waals surface area contributed by atoms with E-state index in [1.165, 1.54) is 29.8 Å². The Morgan fingerprint density at radius 1 is 0.885 bits per heavy atom. The largest absolute Gasteiger partial charge is 0.289 e. The first-order valence-corrected chi connectivity index (χ1v) is 9.41. The van der Waals surface area contributed by atoms with Gasteiger partial charge in [-0.3, -0.25) is 14.8 Å². The summed E-state index contributed by atoms with van der Waals surface area (Å²) in [6.45, 7) is 0. The highest BCUT2D eigenvalue weighted by Crippen LogP contribution is 2.38. The van der Waals surface area contributed by atoms with E-state index in [0.717, 1.165) is 23.1 Å². The Hall–Kier alpha value is -3.19. The van der Waals surface area contributed by atoms with Gasteiger partial charge in [-0.05, 0) is 46.9 Å². The van der Waals surface area contributed by atoms with Crippen LogP contribution in [0.15, 0.2) is 71.6 Å². The summed E-state index contributed by atoms with van der Waals surface area (Å²) in [4.78, 5) is 10.1. The Morgan fingerprint density at radius 3 is 2.38 bits per heavy atom. The molecule has 6 nitrogen and oxygen atoms in total. The van der Waals surface area contributed by atoms with Crippen LogP contribution in [-0.2, 0) is 16.4 Å². The van der Waals surface area contributed by atoms with Gasteiger partial charge in [-0.25, -0.2) is 8.42 Å². The fourth-order valence-electron chi connectivity index (χ4n) is 3.25. The van der Waals surface area contributed by atoms with E-state index in [9.17, 15) is 18.5 Å². The van der Waals surface area contributed by atoms with Crippen molar-refractivity contribution in [3.05, 3.63) is 88.0 Å². The lowest BCUT2D eigenvalue weighted by molar-refractivity contribution is -0.387. The number of anilines is 1. The molecule has 0 fully saturated rings. The molecule has 0 radical (unpaired) electrons. The second kappa shape index (κ2) is 5.96. The van der Waals surface area contributed by atoms with Gasteiger partial charge in [0, 0.05) is 11.8 Å². The molecule has 1 N–H and O–H groups in total. The first-order valence-electron chi connectivity index (χ1n) is 7.93. The van der Waals surface area contributed by atoms with Crippen molar-refractivity contribution in [1.82, 2.24) is 0 Å². The number of hydrogen-bond donors (Lipinski definition) is 1. The van der Waals surface area contributed by atoms with E-state index in [2.05, 4.69) is 4.72 Å². The monoisotopic (exact) mass is 366 g/mol. The Labute approximate surface area is 150 Å². The summed E-state index contributed by atoms with van der Waals surface area (Å²) >= 11 is 0. The van der Waals surface area contributed by atoms with Gasteiger partial charge >= 0.3 is 0 Å². The van der Waals surface area contributed by atoms with Crippen molar-refractivity contribution in [3.63, 3.8) is 0 Å². The first-order chi connectivity index (χ1) is 12.5. The predicted molar refractivity (Wildman–Crippen MR) is 98.6 cm³/mol. The van der Waals surface area contributed by atoms with Crippen LogP contribution < -0.4 is 4.72 Å². The maximum atomic E-state index is 12.6. The smallest absolute Gasteiger partial charge is 0.279 e. The van der Waals surface area contributed by atoms with Gasteiger partial charge in [0.1, 0.15) is 0 Å². The number of nitrogens with zero attached hydrogens (tertiary/aromatic N) is 1. The number of para-hydroxylation sites is 1. The molecule has 0 aliphatic heterocycles. The molecule has 130 valence electrons. The maximum Gasteiger partial charge on any atom is 0.289 e. The number of rotatable bonds is 4. The van der Waals surface area contributed by atoms with E-state index in [4.69, 9.17) is 0 Å². The molecule has 7 heteroatoms. The van der Waals surface area contributed by atoms with Crippen LogP contribution in [0.3, 0.4) is 0 Å². The van der Waals surface area contributed by atoms with Crippen LogP contribution >= 0.6 is 0 Å². The SMILES string of the molecule is O=[N+]([O-])c1ccccc1S(=O)(=O)Nc1ccc2c(c1)Cc1ccccc1-2. The van der Waals surface area contributed by atoms with Gasteiger partial charge < -0.3 is 0 Å². The molecule has 0 saturated carbocycles. The van der Waals surface area contributed by atoms with Gasteiger partial charge in [0.25, 0.3) is 15.7 Å². The minimum absolute atomic E-state index is 0.353. The minimum Gasteiger partial charge on any atom is -0.279 e. The molecule has 0 aromatic heterocycles. The van der Waals surface area contributed by atoms with E-state index in [1.54, 1.807) is 12.1 Å². The zero-order chi connectivity index (χ0) is 18.3. The Kier molecular flexibility index (Phi) is 3.73.